The van der Waals surface area contributed by atoms with Crippen LogP contribution in [0.15, 0.2) is 54.6 Å². The standard InChI is InChI=1S/C21H24N4/c1-4-18-10-5-6-11-19(18)24-20-13-16(3)23-21(25-20)22-14-17-9-7-8-15(2)12-17/h5-13H,4,14H2,1-3H3,(H2,22,23,24,25). The molecular weight excluding hydrogens is 308 g/mol. The minimum atomic E-state index is 0.637. The molecule has 0 aliphatic rings. The van der Waals surface area contributed by atoms with Gasteiger partial charge in [0.05, 0.1) is 0 Å². The van der Waals surface area contributed by atoms with Gasteiger partial charge >= 0.3 is 0 Å². The van der Waals surface area contributed by atoms with Crippen molar-refractivity contribution in [3.8, 4) is 0 Å². The summed E-state index contributed by atoms with van der Waals surface area (Å²) in [7, 11) is 0. The van der Waals surface area contributed by atoms with Crippen molar-refractivity contribution in [2.24, 2.45) is 0 Å². The van der Waals surface area contributed by atoms with Crippen LogP contribution in [0.2, 0.25) is 0 Å². The van der Waals surface area contributed by atoms with E-state index in [0.29, 0.717) is 12.5 Å². The van der Waals surface area contributed by atoms with Crippen molar-refractivity contribution in [1.29, 1.82) is 0 Å². The van der Waals surface area contributed by atoms with Gasteiger partial charge in [-0.25, -0.2) is 4.98 Å². The fourth-order valence-corrected chi connectivity index (χ4v) is 2.80. The van der Waals surface area contributed by atoms with Gasteiger partial charge in [0, 0.05) is 24.0 Å². The van der Waals surface area contributed by atoms with Crippen LogP contribution in [0.25, 0.3) is 0 Å². The molecule has 0 atom stereocenters. The van der Waals surface area contributed by atoms with Crippen LogP contribution in [0.1, 0.15) is 29.3 Å². The van der Waals surface area contributed by atoms with E-state index in [1.807, 2.05) is 19.1 Å². The molecule has 1 heterocycles. The SMILES string of the molecule is CCc1ccccc1Nc1cc(C)nc(NCc2cccc(C)c2)n1. The maximum atomic E-state index is 4.61. The van der Waals surface area contributed by atoms with Gasteiger partial charge in [0.2, 0.25) is 5.95 Å². The van der Waals surface area contributed by atoms with Gasteiger partial charge in [-0.05, 0) is 37.5 Å². The summed E-state index contributed by atoms with van der Waals surface area (Å²) in [5.41, 5.74) is 5.76. The molecule has 0 fully saturated rings. The Kier molecular flexibility index (Phi) is 5.29. The third kappa shape index (κ3) is 4.57. The third-order valence-corrected chi connectivity index (χ3v) is 4.05. The molecule has 0 saturated heterocycles. The molecule has 0 amide bonds. The van der Waals surface area contributed by atoms with Crippen LogP contribution in [0, 0.1) is 13.8 Å². The molecule has 3 rings (SSSR count). The van der Waals surface area contributed by atoms with E-state index in [4.69, 9.17) is 0 Å². The predicted molar refractivity (Wildman–Crippen MR) is 104 cm³/mol. The second-order valence-electron chi connectivity index (χ2n) is 6.20. The Labute approximate surface area is 149 Å². The molecule has 4 nitrogen and oxygen atoms in total. The summed E-state index contributed by atoms with van der Waals surface area (Å²) >= 11 is 0. The molecule has 0 radical (unpaired) electrons. The van der Waals surface area contributed by atoms with Crippen LogP contribution < -0.4 is 10.6 Å². The number of rotatable bonds is 6. The highest BCUT2D eigenvalue weighted by molar-refractivity contribution is 5.61. The van der Waals surface area contributed by atoms with Gasteiger partial charge in [-0.1, -0.05) is 55.0 Å². The van der Waals surface area contributed by atoms with Gasteiger partial charge in [0.15, 0.2) is 0 Å². The molecule has 0 spiro atoms. The summed E-state index contributed by atoms with van der Waals surface area (Å²) in [6, 6.07) is 18.7. The monoisotopic (exact) mass is 332 g/mol. The Balaban J connectivity index is 1.76. The third-order valence-electron chi connectivity index (χ3n) is 4.05. The maximum absolute atomic E-state index is 4.61. The molecule has 0 bridgehead atoms. The fourth-order valence-electron chi connectivity index (χ4n) is 2.80. The predicted octanol–water partition coefficient (Wildman–Crippen LogP) is 5.01. The van der Waals surface area contributed by atoms with Crippen molar-refractivity contribution < 1.29 is 0 Å². The molecule has 4 heteroatoms. The lowest BCUT2D eigenvalue weighted by Crippen LogP contribution is -2.07. The number of nitrogens with zero attached hydrogens (tertiary/aromatic N) is 2. The van der Waals surface area contributed by atoms with E-state index in [1.165, 1.54) is 16.7 Å². The van der Waals surface area contributed by atoms with Crippen LogP contribution in [-0.2, 0) is 13.0 Å². The van der Waals surface area contributed by atoms with Crippen LogP contribution in [0.5, 0.6) is 0 Å². The highest BCUT2D eigenvalue weighted by Crippen LogP contribution is 2.21. The molecule has 2 N–H and O–H groups in total. The second-order valence-corrected chi connectivity index (χ2v) is 6.20. The van der Waals surface area contributed by atoms with Crippen molar-refractivity contribution in [1.82, 2.24) is 9.97 Å². The zero-order valence-corrected chi connectivity index (χ0v) is 15.0. The molecule has 128 valence electrons. The summed E-state index contributed by atoms with van der Waals surface area (Å²) in [5.74, 6) is 1.44. The van der Waals surface area contributed by atoms with Crippen molar-refractivity contribution >= 4 is 17.5 Å². The highest BCUT2D eigenvalue weighted by atomic mass is 15.1. The van der Waals surface area contributed by atoms with Crippen LogP contribution >= 0.6 is 0 Å². The number of hydrogen-bond acceptors (Lipinski definition) is 4. The Morgan fingerprint density at radius 3 is 2.56 bits per heavy atom. The molecule has 25 heavy (non-hydrogen) atoms. The number of para-hydroxylation sites is 1. The molecule has 0 aliphatic carbocycles. The van der Waals surface area contributed by atoms with Gasteiger partial charge in [-0.3, -0.25) is 0 Å². The highest BCUT2D eigenvalue weighted by Gasteiger charge is 2.05. The number of benzene rings is 2. The quantitative estimate of drug-likeness (QED) is 0.666. The Morgan fingerprint density at radius 2 is 1.76 bits per heavy atom. The normalized spacial score (nSPS) is 10.5. The van der Waals surface area contributed by atoms with Crippen molar-refractivity contribution in [3.63, 3.8) is 0 Å². The van der Waals surface area contributed by atoms with Crippen molar-refractivity contribution in [2.45, 2.75) is 33.7 Å². The van der Waals surface area contributed by atoms with Crippen LogP contribution in [0.4, 0.5) is 17.5 Å². The fraction of sp³-hybridized carbons (Fsp3) is 0.238. The average molecular weight is 332 g/mol. The Bertz CT molecular complexity index is 858. The zero-order chi connectivity index (χ0) is 17.6. The largest absolute Gasteiger partial charge is 0.350 e. The van der Waals surface area contributed by atoms with Gasteiger partial charge in [-0.2, -0.15) is 4.98 Å². The van der Waals surface area contributed by atoms with E-state index in [9.17, 15) is 0 Å². The molecule has 2 aromatic carbocycles. The van der Waals surface area contributed by atoms with E-state index in [2.05, 4.69) is 76.9 Å². The molecular formula is C21H24N4. The molecule has 0 unspecified atom stereocenters. The number of aromatic nitrogens is 2. The molecule has 0 aliphatic heterocycles. The average Bonchev–Trinajstić information content (AvgIpc) is 2.60. The Hall–Kier alpha value is -2.88. The van der Waals surface area contributed by atoms with E-state index in [1.54, 1.807) is 0 Å². The van der Waals surface area contributed by atoms with Crippen molar-refractivity contribution in [3.05, 3.63) is 77.0 Å². The minimum absolute atomic E-state index is 0.637. The molecule has 3 aromatic rings. The van der Waals surface area contributed by atoms with Gasteiger partial charge in [-0.15, -0.1) is 0 Å². The van der Waals surface area contributed by atoms with Crippen molar-refractivity contribution in [2.75, 3.05) is 10.6 Å². The number of anilines is 3. The first-order valence-electron chi connectivity index (χ1n) is 8.64. The maximum Gasteiger partial charge on any atom is 0.225 e. The first-order chi connectivity index (χ1) is 12.1. The smallest absolute Gasteiger partial charge is 0.225 e. The summed E-state index contributed by atoms with van der Waals surface area (Å²) < 4.78 is 0. The number of aryl methyl sites for hydroxylation is 3. The summed E-state index contributed by atoms with van der Waals surface area (Å²) in [5, 5.41) is 6.74. The number of hydrogen-bond donors (Lipinski definition) is 2. The minimum Gasteiger partial charge on any atom is -0.350 e. The van der Waals surface area contributed by atoms with E-state index in [0.717, 1.165) is 23.6 Å². The molecule has 1 aromatic heterocycles. The topological polar surface area (TPSA) is 49.8 Å². The lowest BCUT2D eigenvalue weighted by molar-refractivity contribution is 1.03. The first kappa shape index (κ1) is 17.0. The lowest BCUT2D eigenvalue weighted by atomic mass is 10.1. The van der Waals surface area contributed by atoms with Gasteiger partial charge in [0.1, 0.15) is 5.82 Å². The van der Waals surface area contributed by atoms with Gasteiger partial charge < -0.3 is 10.6 Å². The van der Waals surface area contributed by atoms with Crippen LogP contribution in [-0.4, -0.2) is 9.97 Å². The lowest BCUT2D eigenvalue weighted by Gasteiger charge is -2.12. The van der Waals surface area contributed by atoms with E-state index >= 15 is 0 Å². The second kappa shape index (κ2) is 7.79. The summed E-state index contributed by atoms with van der Waals surface area (Å²) in [6.07, 6.45) is 0.978. The zero-order valence-electron chi connectivity index (χ0n) is 15.0. The van der Waals surface area contributed by atoms with Gasteiger partial charge in [0.25, 0.3) is 0 Å². The number of nitrogens with one attached hydrogen (secondary N) is 2. The van der Waals surface area contributed by atoms with Crippen LogP contribution in [0.3, 0.4) is 0 Å². The Morgan fingerprint density at radius 1 is 0.920 bits per heavy atom. The summed E-state index contributed by atoms with van der Waals surface area (Å²) in [6.45, 7) is 6.94. The van der Waals surface area contributed by atoms with E-state index < -0.39 is 0 Å². The summed E-state index contributed by atoms with van der Waals surface area (Å²) in [4.78, 5) is 9.10. The first-order valence-corrected chi connectivity index (χ1v) is 8.64. The van der Waals surface area contributed by atoms with E-state index in [-0.39, 0.29) is 0 Å². The molecule has 0 saturated carbocycles.